The number of ether oxygens (including phenoxy) is 1. The molecule has 4 rings (SSSR count). The summed E-state index contributed by atoms with van der Waals surface area (Å²) in [7, 11) is -3.90. The Kier molecular flexibility index (Phi) is 3.85. The topological polar surface area (TPSA) is 108 Å². The lowest BCUT2D eigenvalue weighted by Crippen LogP contribution is -2.53. The Morgan fingerprint density at radius 2 is 1.92 bits per heavy atom. The first-order valence-corrected chi connectivity index (χ1v) is 9.97. The molecule has 134 valence electrons. The van der Waals surface area contributed by atoms with Gasteiger partial charge in [0.15, 0.2) is 0 Å². The van der Waals surface area contributed by atoms with Crippen molar-refractivity contribution in [2.45, 2.75) is 25.7 Å². The second-order valence-corrected chi connectivity index (χ2v) is 8.51. The van der Waals surface area contributed by atoms with Gasteiger partial charge in [0.25, 0.3) is 0 Å². The van der Waals surface area contributed by atoms with Crippen LogP contribution >= 0.6 is 0 Å². The molecule has 4 aliphatic rings. The summed E-state index contributed by atoms with van der Waals surface area (Å²) in [5.41, 5.74) is 2.92. The lowest BCUT2D eigenvalue weighted by molar-refractivity contribution is -0.0297. The van der Waals surface area contributed by atoms with Gasteiger partial charge in [0.2, 0.25) is 15.9 Å². The molecule has 1 saturated carbocycles. The van der Waals surface area contributed by atoms with Crippen molar-refractivity contribution >= 4 is 16.1 Å². The molecule has 2 saturated heterocycles. The Balaban J connectivity index is 1.46. The number of hydrogen-bond acceptors (Lipinski definition) is 6. The number of amides is 2. The first kappa shape index (κ1) is 16.0. The number of fused-ring (bicyclic) bond motifs is 2. The highest BCUT2D eigenvalue weighted by molar-refractivity contribution is 7.93. The van der Waals surface area contributed by atoms with E-state index in [1.54, 1.807) is 5.01 Å². The van der Waals surface area contributed by atoms with Gasteiger partial charge in [0.1, 0.15) is 4.91 Å². The zero-order chi connectivity index (χ0) is 16.9. The van der Waals surface area contributed by atoms with Gasteiger partial charge in [0, 0.05) is 26.1 Å². The minimum atomic E-state index is -3.90. The Hall–Kier alpha value is -1.52. The second-order valence-electron chi connectivity index (χ2n) is 6.93. The smallest absolute Gasteiger partial charge is 0.351 e. The van der Waals surface area contributed by atoms with Gasteiger partial charge in [-0.25, -0.2) is 33.4 Å². The summed E-state index contributed by atoms with van der Waals surface area (Å²) in [5.74, 6) is 1.52. The number of rotatable bonds is 2. The number of primary sulfonamides is 1. The van der Waals surface area contributed by atoms with E-state index in [2.05, 4.69) is 5.43 Å². The van der Waals surface area contributed by atoms with Gasteiger partial charge in [-0.1, -0.05) is 6.42 Å². The maximum atomic E-state index is 12.7. The zero-order valence-corrected chi connectivity index (χ0v) is 14.3. The van der Waals surface area contributed by atoms with Crippen molar-refractivity contribution in [2.24, 2.45) is 17.0 Å². The predicted molar refractivity (Wildman–Crippen MR) is 85.0 cm³/mol. The third kappa shape index (κ3) is 2.72. The monoisotopic (exact) mass is 357 g/mol. The van der Waals surface area contributed by atoms with Crippen LogP contribution in [-0.2, 0) is 14.8 Å². The Labute approximate surface area is 141 Å². The molecule has 1 aliphatic carbocycles. The van der Waals surface area contributed by atoms with E-state index in [0.29, 0.717) is 25.0 Å². The van der Waals surface area contributed by atoms with Gasteiger partial charge in [-0.15, -0.1) is 0 Å². The fourth-order valence-electron chi connectivity index (χ4n) is 4.22. The van der Waals surface area contributed by atoms with Crippen molar-refractivity contribution in [3.05, 3.63) is 10.8 Å². The number of sulfonamides is 1. The molecule has 3 aliphatic heterocycles. The molecule has 10 heteroatoms. The zero-order valence-electron chi connectivity index (χ0n) is 13.5. The highest BCUT2D eigenvalue weighted by Gasteiger charge is 2.42. The van der Waals surface area contributed by atoms with Crippen LogP contribution in [0.5, 0.6) is 0 Å². The van der Waals surface area contributed by atoms with E-state index in [1.807, 2.05) is 5.01 Å². The van der Waals surface area contributed by atoms with Crippen LogP contribution in [0.3, 0.4) is 0 Å². The van der Waals surface area contributed by atoms with Gasteiger partial charge in [0.05, 0.1) is 13.2 Å². The molecule has 0 radical (unpaired) electrons. The lowest BCUT2D eigenvalue weighted by atomic mass is 10.0. The van der Waals surface area contributed by atoms with E-state index in [9.17, 15) is 13.2 Å². The average molecular weight is 357 g/mol. The molecule has 2 amide bonds. The summed E-state index contributed by atoms with van der Waals surface area (Å²) >= 11 is 0. The number of carbonyl (C=O) groups excluding carboxylic acids is 1. The molecule has 9 nitrogen and oxygen atoms in total. The normalized spacial score (nSPS) is 30.4. The van der Waals surface area contributed by atoms with Crippen LogP contribution in [0.2, 0.25) is 0 Å². The van der Waals surface area contributed by atoms with Crippen LogP contribution in [0.1, 0.15) is 25.7 Å². The maximum absolute atomic E-state index is 12.7. The van der Waals surface area contributed by atoms with Crippen LogP contribution < -0.4 is 10.6 Å². The highest BCUT2D eigenvalue weighted by Crippen LogP contribution is 2.37. The predicted octanol–water partition coefficient (Wildman–Crippen LogP) is -0.247. The number of hydrogen-bond donors (Lipinski definition) is 2. The van der Waals surface area contributed by atoms with Gasteiger partial charge in [-0.3, -0.25) is 5.43 Å². The molecule has 0 aromatic carbocycles. The van der Waals surface area contributed by atoms with Crippen LogP contribution in [0.15, 0.2) is 10.8 Å². The first-order chi connectivity index (χ1) is 11.4. The quantitative estimate of drug-likeness (QED) is 0.706. The Morgan fingerprint density at radius 3 is 2.58 bits per heavy atom. The van der Waals surface area contributed by atoms with Gasteiger partial charge < -0.3 is 4.74 Å². The molecule has 0 bridgehead atoms. The molecule has 0 aromatic rings. The molecule has 2 atom stereocenters. The fraction of sp³-hybridized carbons (Fsp3) is 0.786. The van der Waals surface area contributed by atoms with Gasteiger partial charge in [-0.2, -0.15) is 0 Å². The molecule has 3 heterocycles. The van der Waals surface area contributed by atoms with E-state index >= 15 is 0 Å². The first-order valence-electron chi connectivity index (χ1n) is 8.43. The average Bonchev–Trinajstić information content (AvgIpc) is 3.17. The largest absolute Gasteiger partial charge is 0.477 e. The van der Waals surface area contributed by atoms with E-state index in [4.69, 9.17) is 9.88 Å². The molecule has 24 heavy (non-hydrogen) atoms. The van der Waals surface area contributed by atoms with Crippen LogP contribution in [-0.4, -0.2) is 62.3 Å². The number of hydrazine groups is 2. The maximum Gasteiger partial charge on any atom is 0.351 e. The molecular formula is C14H23N5O4S. The number of carbonyl (C=O) groups is 1. The van der Waals surface area contributed by atoms with Crippen molar-refractivity contribution < 1.29 is 17.9 Å². The van der Waals surface area contributed by atoms with Crippen molar-refractivity contribution in [3.63, 3.8) is 0 Å². The molecule has 3 fully saturated rings. The van der Waals surface area contributed by atoms with E-state index in [0.717, 1.165) is 19.5 Å². The minimum Gasteiger partial charge on any atom is -0.477 e. The Bertz CT molecular complexity index is 667. The highest BCUT2D eigenvalue weighted by atomic mass is 32.2. The lowest BCUT2D eigenvalue weighted by Gasteiger charge is -2.35. The van der Waals surface area contributed by atoms with Gasteiger partial charge in [-0.05, 0) is 24.7 Å². The number of nitrogens with one attached hydrogen (secondary N) is 1. The van der Waals surface area contributed by atoms with E-state index in [-0.39, 0.29) is 23.4 Å². The second kappa shape index (κ2) is 5.78. The number of nitrogens with two attached hydrogens (primary N) is 1. The van der Waals surface area contributed by atoms with Crippen molar-refractivity contribution in [1.82, 2.24) is 20.5 Å². The summed E-state index contributed by atoms with van der Waals surface area (Å²) in [6.45, 7) is 2.61. The molecule has 0 spiro atoms. The molecule has 2 unspecified atom stereocenters. The van der Waals surface area contributed by atoms with Crippen molar-refractivity contribution in [2.75, 3.05) is 32.8 Å². The number of urea groups is 1. The standard InChI is InChI=1S/C14H23N5O4S/c15-24(21,22)12-9-19(18-5-2-6-23-13(12)18)14(20)16-17-7-10-3-1-4-11(10)8-17/h10-11H,1-9H2,(H,16,20)(H2,15,21,22). The number of nitrogens with zero attached hydrogens (tertiary/aromatic N) is 3. The van der Waals surface area contributed by atoms with Crippen molar-refractivity contribution in [3.8, 4) is 0 Å². The van der Waals surface area contributed by atoms with E-state index in [1.165, 1.54) is 24.3 Å². The molecule has 3 N–H and O–H groups in total. The van der Waals surface area contributed by atoms with Gasteiger partial charge >= 0.3 is 6.03 Å². The summed E-state index contributed by atoms with van der Waals surface area (Å²) in [4.78, 5) is 12.6. The Morgan fingerprint density at radius 1 is 1.21 bits per heavy atom. The summed E-state index contributed by atoms with van der Waals surface area (Å²) in [5, 5.41) is 10.2. The SMILES string of the molecule is NS(=O)(=O)C1=C2OCCCN2N(C(=O)NN2CC3CCCC3C2)C1. The fourth-order valence-corrected chi connectivity index (χ4v) is 4.93. The minimum absolute atomic E-state index is 0.0318. The summed E-state index contributed by atoms with van der Waals surface area (Å²) in [6.07, 6.45) is 4.45. The molecular weight excluding hydrogens is 334 g/mol. The van der Waals surface area contributed by atoms with E-state index < -0.39 is 10.0 Å². The van der Waals surface area contributed by atoms with Crippen LogP contribution in [0, 0.1) is 11.8 Å². The third-order valence-corrected chi connectivity index (χ3v) is 6.36. The van der Waals surface area contributed by atoms with Crippen molar-refractivity contribution in [1.29, 1.82) is 0 Å². The summed E-state index contributed by atoms with van der Waals surface area (Å²) < 4.78 is 29.0. The van der Waals surface area contributed by atoms with Crippen LogP contribution in [0.4, 0.5) is 4.79 Å². The molecule has 0 aromatic heterocycles. The third-order valence-electron chi connectivity index (χ3n) is 5.37. The summed E-state index contributed by atoms with van der Waals surface area (Å²) in [6, 6.07) is -0.336. The van der Waals surface area contributed by atoms with Crippen LogP contribution in [0.25, 0.3) is 0 Å².